The fraction of sp³-hybridized carbons (Fsp3) is 0.353. The van der Waals surface area contributed by atoms with E-state index in [4.69, 9.17) is 4.42 Å². The second-order valence-electron chi connectivity index (χ2n) is 6.03. The number of likely N-dealkylation sites (tertiary alicyclic amines) is 1. The van der Waals surface area contributed by atoms with Crippen LogP contribution in [-0.4, -0.2) is 37.5 Å². The van der Waals surface area contributed by atoms with Gasteiger partial charge in [-0.25, -0.2) is 9.97 Å². The van der Waals surface area contributed by atoms with E-state index in [0.29, 0.717) is 29.6 Å². The van der Waals surface area contributed by atoms with E-state index in [1.54, 1.807) is 22.4 Å². The minimum atomic E-state index is -0.200. The summed E-state index contributed by atoms with van der Waals surface area (Å²) in [5.74, 6) is 0.903. The van der Waals surface area contributed by atoms with Gasteiger partial charge in [0.25, 0.3) is 11.8 Å². The smallest absolute Gasteiger partial charge is 0.257 e. The molecular formula is C17H17N5O2S. The minimum absolute atomic E-state index is 0.0904. The number of carbonyl (C=O) groups excluding carboxylic acids is 1. The molecule has 1 amide bonds. The van der Waals surface area contributed by atoms with E-state index in [-0.39, 0.29) is 11.9 Å². The van der Waals surface area contributed by atoms with Crippen molar-refractivity contribution in [3.8, 4) is 10.8 Å². The SMILES string of the molecule is Cc1ccc(-c2nnc([C@H]3CCCN3C(=O)c3cncnc3C)o2)s1. The predicted molar refractivity (Wildman–Crippen MR) is 92.1 cm³/mol. The molecule has 1 saturated heterocycles. The Morgan fingerprint density at radius 2 is 2.20 bits per heavy atom. The fourth-order valence-corrected chi connectivity index (χ4v) is 3.83. The quantitative estimate of drug-likeness (QED) is 0.717. The van der Waals surface area contributed by atoms with Crippen LogP contribution in [0.25, 0.3) is 10.8 Å². The molecule has 1 aliphatic rings. The van der Waals surface area contributed by atoms with Crippen LogP contribution in [0.5, 0.6) is 0 Å². The van der Waals surface area contributed by atoms with Gasteiger partial charge in [0, 0.05) is 17.6 Å². The van der Waals surface area contributed by atoms with Crippen molar-refractivity contribution in [3.05, 3.63) is 46.7 Å². The first-order valence-corrected chi connectivity index (χ1v) is 8.93. The topological polar surface area (TPSA) is 85.0 Å². The van der Waals surface area contributed by atoms with Crippen LogP contribution in [-0.2, 0) is 0 Å². The van der Waals surface area contributed by atoms with E-state index in [9.17, 15) is 4.79 Å². The maximum atomic E-state index is 12.9. The van der Waals surface area contributed by atoms with Crippen LogP contribution >= 0.6 is 11.3 Å². The van der Waals surface area contributed by atoms with E-state index in [1.165, 1.54) is 11.2 Å². The summed E-state index contributed by atoms with van der Waals surface area (Å²) in [6, 6.07) is 3.79. The molecule has 1 atom stereocenters. The standard InChI is InChI=1S/C17H17N5O2S/c1-10-5-6-14(25-10)16-21-20-15(24-16)13-4-3-7-22(13)17(23)12-8-18-9-19-11(12)2/h5-6,8-9,13H,3-4,7H2,1-2H3/t13-/m1/s1. The average Bonchev–Trinajstić information content (AvgIpc) is 3.34. The molecule has 4 rings (SSSR count). The maximum absolute atomic E-state index is 12.9. The molecule has 128 valence electrons. The van der Waals surface area contributed by atoms with E-state index in [0.717, 1.165) is 17.7 Å². The molecule has 0 N–H and O–H groups in total. The molecule has 1 fully saturated rings. The van der Waals surface area contributed by atoms with Gasteiger partial charge in [-0.2, -0.15) is 0 Å². The molecule has 1 aliphatic heterocycles. The highest BCUT2D eigenvalue weighted by atomic mass is 32.1. The lowest BCUT2D eigenvalue weighted by molar-refractivity contribution is 0.0714. The van der Waals surface area contributed by atoms with Gasteiger partial charge in [-0.3, -0.25) is 4.79 Å². The molecule has 0 aliphatic carbocycles. The average molecular weight is 355 g/mol. The zero-order valence-electron chi connectivity index (χ0n) is 14.0. The zero-order valence-corrected chi connectivity index (χ0v) is 14.8. The lowest BCUT2D eigenvalue weighted by Gasteiger charge is -2.22. The van der Waals surface area contributed by atoms with Crippen LogP contribution in [0.1, 0.15) is 45.7 Å². The molecule has 0 spiro atoms. The van der Waals surface area contributed by atoms with Crippen molar-refractivity contribution in [2.75, 3.05) is 6.54 Å². The van der Waals surface area contributed by atoms with Gasteiger partial charge in [0.05, 0.1) is 16.1 Å². The molecular weight excluding hydrogens is 338 g/mol. The number of nitrogens with zero attached hydrogens (tertiary/aromatic N) is 5. The van der Waals surface area contributed by atoms with Gasteiger partial charge in [0.1, 0.15) is 12.4 Å². The van der Waals surface area contributed by atoms with E-state index in [1.807, 2.05) is 26.0 Å². The van der Waals surface area contributed by atoms with Crippen molar-refractivity contribution < 1.29 is 9.21 Å². The third-order valence-electron chi connectivity index (χ3n) is 4.33. The summed E-state index contributed by atoms with van der Waals surface area (Å²) in [7, 11) is 0. The summed E-state index contributed by atoms with van der Waals surface area (Å²) >= 11 is 1.61. The highest BCUT2D eigenvalue weighted by Gasteiger charge is 2.35. The van der Waals surface area contributed by atoms with E-state index >= 15 is 0 Å². The second-order valence-corrected chi connectivity index (χ2v) is 7.32. The summed E-state index contributed by atoms with van der Waals surface area (Å²) in [5, 5.41) is 8.36. The Morgan fingerprint density at radius 1 is 1.32 bits per heavy atom. The molecule has 0 aromatic carbocycles. The Labute approximate surface area is 148 Å². The zero-order chi connectivity index (χ0) is 17.4. The van der Waals surface area contributed by atoms with E-state index in [2.05, 4.69) is 20.2 Å². The molecule has 25 heavy (non-hydrogen) atoms. The van der Waals surface area contributed by atoms with Crippen molar-refractivity contribution in [1.29, 1.82) is 0 Å². The predicted octanol–water partition coefficient (Wildman–Crippen LogP) is 3.18. The number of aryl methyl sites for hydroxylation is 2. The molecule has 3 aromatic heterocycles. The van der Waals surface area contributed by atoms with E-state index < -0.39 is 0 Å². The van der Waals surface area contributed by atoms with Crippen LogP contribution in [0.15, 0.2) is 29.1 Å². The largest absolute Gasteiger partial charge is 0.418 e. The first kappa shape index (κ1) is 15.9. The van der Waals surface area contributed by atoms with Crippen molar-refractivity contribution in [2.45, 2.75) is 32.7 Å². The first-order valence-electron chi connectivity index (χ1n) is 8.11. The van der Waals surface area contributed by atoms with Gasteiger partial charge in [-0.05, 0) is 38.8 Å². The molecule has 0 unspecified atom stereocenters. The molecule has 8 heteroatoms. The van der Waals surface area contributed by atoms with Crippen LogP contribution in [0, 0.1) is 13.8 Å². The van der Waals surface area contributed by atoms with Gasteiger partial charge < -0.3 is 9.32 Å². The normalized spacial score (nSPS) is 17.2. The summed E-state index contributed by atoms with van der Waals surface area (Å²) < 4.78 is 5.88. The monoisotopic (exact) mass is 355 g/mol. The number of amides is 1. The van der Waals surface area contributed by atoms with Crippen molar-refractivity contribution in [3.63, 3.8) is 0 Å². The highest BCUT2D eigenvalue weighted by molar-refractivity contribution is 7.15. The van der Waals surface area contributed by atoms with Gasteiger partial charge in [-0.1, -0.05) is 0 Å². The third-order valence-corrected chi connectivity index (χ3v) is 5.32. The number of hydrogen-bond donors (Lipinski definition) is 0. The second kappa shape index (κ2) is 6.36. The van der Waals surface area contributed by atoms with Crippen molar-refractivity contribution >= 4 is 17.2 Å². The minimum Gasteiger partial charge on any atom is -0.418 e. The highest BCUT2D eigenvalue weighted by Crippen LogP contribution is 2.35. The lowest BCUT2D eigenvalue weighted by Crippen LogP contribution is -2.31. The summed E-state index contributed by atoms with van der Waals surface area (Å²) in [6.45, 7) is 4.50. The van der Waals surface area contributed by atoms with Gasteiger partial charge in [0.2, 0.25) is 5.89 Å². The van der Waals surface area contributed by atoms with Crippen molar-refractivity contribution in [2.24, 2.45) is 0 Å². The Hall–Kier alpha value is -2.61. The molecule has 0 bridgehead atoms. The Balaban J connectivity index is 1.61. The lowest BCUT2D eigenvalue weighted by atomic mass is 10.2. The Kier molecular flexibility index (Phi) is 4.04. The number of rotatable bonds is 3. The van der Waals surface area contributed by atoms with Crippen LogP contribution in [0.3, 0.4) is 0 Å². The Bertz CT molecular complexity index is 919. The van der Waals surface area contributed by atoms with Crippen LogP contribution in [0.2, 0.25) is 0 Å². The van der Waals surface area contributed by atoms with Crippen LogP contribution < -0.4 is 0 Å². The number of thiophene rings is 1. The molecule has 3 aromatic rings. The molecule has 0 radical (unpaired) electrons. The maximum Gasteiger partial charge on any atom is 0.257 e. The van der Waals surface area contributed by atoms with Crippen molar-refractivity contribution in [1.82, 2.24) is 25.1 Å². The molecule has 7 nitrogen and oxygen atoms in total. The fourth-order valence-electron chi connectivity index (χ4n) is 3.04. The van der Waals surface area contributed by atoms with Gasteiger partial charge in [0.15, 0.2) is 0 Å². The first-order chi connectivity index (χ1) is 12.1. The summed E-state index contributed by atoms with van der Waals surface area (Å²) in [5.41, 5.74) is 1.19. The molecule has 4 heterocycles. The van der Waals surface area contributed by atoms with Gasteiger partial charge in [-0.15, -0.1) is 21.5 Å². The third kappa shape index (κ3) is 2.93. The number of aromatic nitrogens is 4. The van der Waals surface area contributed by atoms with Crippen LogP contribution in [0.4, 0.5) is 0 Å². The summed E-state index contributed by atoms with van der Waals surface area (Å²) in [6.07, 6.45) is 4.72. The van der Waals surface area contributed by atoms with Gasteiger partial charge >= 0.3 is 0 Å². The number of hydrogen-bond acceptors (Lipinski definition) is 7. The summed E-state index contributed by atoms with van der Waals surface area (Å²) in [4.78, 5) is 24.9. The number of carbonyl (C=O) groups is 1. The Morgan fingerprint density at radius 3 is 2.96 bits per heavy atom. The molecule has 0 saturated carbocycles.